The third-order valence-electron chi connectivity index (χ3n) is 2.10. The Morgan fingerprint density at radius 2 is 1.72 bits per heavy atom. The molecule has 1 rings (SSSR count). The van der Waals surface area contributed by atoms with Crippen LogP contribution >= 0.6 is 0 Å². The summed E-state index contributed by atoms with van der Waals surface area (Å²) in [7, 11) is -8.44. The molecule has 0 bridgehead atoms. The molecule has 8 heteroatoms. The lowest BCUT2D eigenvalue weighted by Gasteiger charge is -2.00. The normalized spacial score (nSPS) is 11.8. The van der Waals surface area contributed by atoms with Crippen molar-refractivity contribution in [3.63, 3.8) is 0 Å². The molecule has 0 aromatic heterocycles. The molecule has 98 valence electrons. The van der Waals surface area contributed by atoms with E-state index in [0.717, 1.165) is 0 Å². The van der Waals surface area contributed by atoms with Crippen molar-refractivity contribution in [2.24, 2.45) is 0 Å². The Morgan fingerprint density at radius 3 is 2.17 bits per heavy atom. The molecule has 0 saturated heterocycles. The fourth-order valence-electron chi connectivity index (χ4n) is 1.34. The fourth-order valence-corrected chi connectivity index (χ4v) is 4.88. The van der Waals surface area contributed by atoms with Gasteiger partial charge in [-0.2, -0.15) is 0 Å². The van der Waals surface area contributed by atoms with Gasteiger partial charge in [-0.05, 0) is 18.6 Å². The van der Waals surface area contributed by atoms with Crippen molar-refractivity contribution in [2.75, 3.05) is 5.75 Å². The molecular formula is C10H12N2O4S2. The largest absolute Gasteiger partial charge is 0.499 e. The standard InChI is InChI=1S/C10H12N2O4S2/c1-2-8-17(13,14)10(12-11)18(15,16)9-6-4-3-5-7-9/h3-7H,2,8H2,1H3. The molecule has 0 heterocycles. The molecule has 0 fully saturated rings. The molecule has 0 atom stereocenters. The molecule has 0 unspecified atom stereocenters. The minimum atomic E-state index is -4.32. The lowest BCUT2D eigenvalue weighted by molar-refractivity contribution is 0.00380. The minimum Gasteiger partial charge on any atom is -0.359 e. The number of hydrogen-bond acceptors (Lipinski definition) is 4. The summed E-state index contributed by atoms with van der Waals surface area (Å²) in [6.45, 7) is 1.59. The predicted octanol–water partition coefficient (Wildman–Crippen LogP) is 0.871. The quantitative estimate of drug-likeness (QED) is 0.356. The summed E-state index contributed by atoms with van der Waals surface area (Å²) in [6.07, 6.45) is 0.228. The van der Waals surface area contributed by atoms with Gasteiger partial charge in [-0.15, -0.1) is 4.79 Å². The first-order valence-corrected chi connectivity index (χ1v) is 8.24. The number of sulfone groups is 2. The van der Waals surface area contributed by atoms with Crippen molar-refractivity contribution in [1.82, 2.24) is 0 Å². The number of benzene rings is 1. The van der Waals surface area contributed by atoms with Crippen LogP contribution in [0.2, 0.25) is 0 Å². The van der Waals surface area contributed by atoms with Gasteiger partial charge in [0.25, 0.3) is 19.7 Å². The van der Waals surface area contributed by atoms with E-state index in [0.29, 0.717) is 0 Å². The van der Waals surface area contributed by atoms with Gasteiger partial charge in [-0.25, -0.2) is 16.8 Å². The van der Waals surface area contributed by atoms with Crippen LogP contribution in [-0.4, -0.2) is 31.8 Å². The van der Waals surface area contributed by atoms with Crippen LogP contribution in [0, 0.1) is 0 Å². The van der Waals surface area contributed by atoms with Crippen LogP contribution in [0.1, 0.15) is 13.3 Å². The molecule has 0 radical (unpaired) electrons. The van der Waals surface area contributed by atoms with E-state index in [9.17, 15) is 16.8 Å². The van der Waals surface area contributed by atoms with Crippen molar-refractivity contribution in [1.29, 1.82) is 0 Å². The number of hydrogen-bond donors (Lipinski definition) is 0. The van der Waals surface area contributed by atoms with Crippen LogP contribution in [0.3, 0.4) is 0 Å². The Labute approximate surface area is 106 Å². The Morgan fingerprint density at radius 1 is 1.17 bits per heavy atom. The van der Waals surface area contributed by atoms with Crippen LogP contribution in [0.25, 0.3) is 5.53 Å². The summed E-state index contributed by atoms with van der Waals surface area (Å²) < 4.78 is 46.2. The molecule has 0 N–H and O–H groups in total. The SMILES string of the molecule is CCCS(=O)(=O)C(=[N+]=[N-])S(=O)(=O)c1ccccc1. The van der Waals surface area contributed by atoms with E-state index in [1.807, 2.05) is 0 Å². The van der Waals surface area contributed by atoms with Gasteiger partial charge in [-0.1, -0.05) is 25.1 Å². The molecule has 1 aromatic carbocycles. The highest BCUT2D eigenvalue weighted by molar-refractivity contribution is 8.31. The van der Waals surface area contributed by atoms with E-state index in [4.69, 9.17) is 5.53 Å². The van der Waals surface area contributed by atoms with E-state index >= 15 is 0 Å². The third kappa shape index (κ3) is 2.84. The maximum atomic E-state index is 12.0. The Balaban J connectivity index is 3.42. The maximum absolute atomic E-state index is 12.0. The number of rotatable bonds is 3. The number of nitrogens with zero attached hydrogens (tertiary/aromatic N) is 2. The molecule has 18 heavy (non-hydrogen) atoms. The monoisotopic (exact) mass is 288 g/mol. The summed E-state index contributed by atoms with van der Waals surface area (Å²) >= 11 is 0. The molecule has 0 aliphatic carbocycles. The average molecular weight is 288 g/mol. The van der Waals surface area contributed by atoms with Crippen molar-refractivity contribution >= 4 is 24.1 Å². The summed E-state index contributed by atoms with van der Waals surface area (Å²) in [5, 5.41) is 0. The van der Waals surface area contributed by atoms with E-state index in [-0.39, 0.29) is 11.3 Å². The van der Waals surface area contributed by atoms with Gasteiger partial charge in [0.15, 0.2) is 0 Å². The molecule has 0 saturated carbocycles. The van der Waals surface area contributed by atoms with Gasteiger partial charge in [0.1, 0.15) is 0 Å². The smallest absolute Gasteiger partial charge is 0.359 e. The van der Waals surface area contributed by atoms with E-state index in [1.54, 1.807) is 13.0 Å². The highest BCUT2D eigenvalue weighted by Gasteiger charge is 2.41. The molecule has 0 aliphatic heterocycles. The first kappa shape index (κ1) is 14.6. The second-order valence-electron chi connectivity index (χ2n) is 3.50. The lowest BCUT2D eigenvalue weighted by Crippen LogP contribution is -2.28. The van der Waals surface area contributed by atoms with Gasteiger partial charge in [-0.3, -0.25) is 0 Å². The van der Waals surface area contributed by atoms with Crippen molar-refractivity contribution in [2.45, 2.75) is 18.2 Å². The first-order valence-electron chi connectivity index (χ1n) is 5.11. The third-order valence-corrected chi connectivity index (χ3v) is 6.52. The molecule has 1 aromatic rings. The first-order chi connectivity index (χ1) is 8.36. The van der Waals surface area contributed by atoms with Gasteiger partial charge >= 0.3 is 4.38 Å². The Kier molecular flexibility index (Phi) is 4.39. The van der Waals surface area contributed by atoms with Gasteiger partial charge in [0.05, 0.1) is 10.6 Å². The van der Waals surface area contributed by atoms with Crippen molar-refractivity contribution < 1.29 is 21.6 Å². The van der Waals surface area contributed by atoms with Crippen molar-refractivity contribution in [3.8, 4) is 0 Å². The maximum Gasteiger partial charge on any atom is 0.499 e. The van der Waals surface area contributed by atoms with Crippen LogP contribution in [0.4, 0.5) is 0 Å². The zero-order valence-corrected chi connectivity index (χ0v) is 11.3. The zero-order chi connectivity index (χ0) is 13.8. The predicted molar refractivity (Wildman–Crippen MR) is 66.3 cm³/mol. The molecule has 0 spiro atoms. The highest BCUT2D eigenvalue weighted by atomic mass is 32.3. The highest BCUT2D eigenvalue weighted by Crippen LogP contribution is 2.14. The van der Waals surface area contributed by atoms with Crippen molar-refractivity contribution in [3.05, 3.63) is 35.9 Å². The molecule has 6 nitrogen and oxygen atoms in total. The second kappa shape index (κ2) is 5.43. The topological polar surface area (TPSA) is 105 Å². The van der Waals surface area contributed by atoms with E-state index in [2.05, 4.69) is 4.79 Å². The summed E-state index contributed by atoms with van der Waals surface area (Å²) in [5.41, 5.74) is 8.71. The Hall–Kier alpha value is -1.50. The minimum absolute atomic E-state index is 0.225. The molecule has 0 aliphatic rings. The van der Waals surface area contributed by atoms with E-state index < -0.39 is 29.8 Å². The van der Waals surface area contributed by atoms with E-state index in [1.165, 1.54) is 24.3 Å². The van der Waals surface area contributed by atoms with Crippen LogP contribution in [0.15, 0.2) is 35.2 Å². The summed E-state index contributed by atoms with van der Waals surface area (Å²) in [4.78, 5) is 2.24. The fraction of sp³-hybridized carbons (Fsp3) is 0.300. The Bertz CT molecular complexity index is 672. The summed E-state index contributed by atoms with van der Waals surface area (Å²) in [6, 6.07) is 6.97. The molecular weight excluding hydrogens is 276 g/mol. The van der Waals surface area contributed by atoms with Crippen LogP contribution in [0.5, 0.6) is 0 Å². The van der Waals surface area contributed by atoms with Crippen LogP contribution in [-0.2, 0) is 19.7 Å². The zero-order valence-electron chi connectivity index (χ0n) is 9.64. The average Bonchev–Trinajstić information content (AvgIpc) is 2.30. The van der Waals surface area contributed by atoms with Gasteiger partial charge in [0, 0.05) is 0 Å². The van der Waals surface area contributed by atoms with Crippen LogP contribution < -0.4 is 0 Å². The lowest BCUT2D eigenvalue weighted by atomic mass is 10.4. The molecule has 0 amide bonds. The summed E-state index contributed by atoms with van der Waals surface area (Å²) in [5.74, 6) is -0.390. The van der Waals surface area contributed by atoms with Gasteiger partial charge in [0.2, 0.25) is 0 Å². The second-order valence-corrected chi connectivity index (χ2v) is 7.65. The van der Waals surface area contributed by atoms with Gasteiger partial charge < -0.3 is 5.53 Å².